The summed E-state index contributed by atoms with van der Waals surface area (Å²) < 4.78 is 0. The molecule has 0 aromatic heterocycles. The van der Waals surface area contributed by atoms with Crippen molar-refractivity contribution in [2.24, 2.45) is 0 Å². The molecule has 0 unspecified atom stereocenters. The van der Waals surface area contributed by atoms with Crippen molar-refractivity contribution in [2.45, 2.75) is 13.1 Å². The maximum atomic E-state index is 11.7. The molecule has 0 saturated heterocycles. The third kappa shape index (κ3) is 5.10. The second-order valence-electron chi connectivity index (χ2n) is 4.65. The first-order valence-electron chi connectivity index (χ1n) is 6.64. The Bertz CT molecular complexity index is 602. The van der Waals surface area contributed by atoms with Crippen LogP contribution in [0.3, 0.4) is 0 Å². The van der Waals surface area contributed by atoms with Gasteiger partial charge in [-0.05, 0) is 23.3 Å². The highest BCUT2D eigenvalue weighted by Gasteiger charge is 2.03. The molecule has 2 aromatic rings. The molecule has 0 atom stereocenters. The fraction of sp³-hybridized carbons (Fsp3) is 0.188. The Kier molecular flexibility index (Phi) is 5.60. The number of benzene rings is 2. The van der Waals surface area contributed by atoms with Crippen LogP contribution in [-0.4, -0.2) is 17.6 Å². The minimum absolute atomic E-state index is 0.0565. The molecule has 0 aliphatic rings. The van der Waals surface area contributed by atoms with E-state index >= 15 is 0 Å². The molecule has 3 N–H and O–H groups in total. The largest absolute Gasteiger partial charge is 0.506 e. The van der Waals surface area contributed by atoms with E-state index in [-0.39, 0.29) is 18.2 Å². The number of amides is 1. The van der Waals surface area contributed by atoms with Gasteiger partial charge in [-0.1, -0.05) is 48.0 Å². The van der Waals surface area contributed by atoms with E-state index in [4.69, 9.17) is 11.6 Å². The summed E-state index contributed by atoms with van der Waals surface area (Å²) in [5.74, 6) is -0.00949. The zero-order chi connectivity index (χ0) is 15.1. The van der Waals surface area contributed by atoms with Gasteiger partial charge in [-0.3, -0.25) is 4.79 Å². The van der Waals surface area contributed by atoms with E-state index in [0.29, 0.717) is 18.1 Å². The molecule has 0 fully saturated rings. The van der Waals surface area contributed by atoms with E-state index in [9.17, 15) is 9.90 Å². The van der Waals surface area contributed by atoms with E-state index < -0.39 is 0 Å². The number of hydrogen-bond donors (Lipinski definition) is 3. The summed E-state index contributed by atoms with van der Waals surface area (Å²) in [6, 6.07) is 14.7. The van der Waals surface area contributed by atoms with Crippen molar-refractivity contribution < 1.29 is 9.90 Å². The molecule has 5 heteroatoms. The lowest BCUT2D eigenvalue weighted by Crippen LogP contribution is -2.33. The number of phenols is 1. The summed E-state index contributed by atoms with van der Waals surface area (Å²) in [6.07, 6.45) is 0. The topological polar surface area (TPSA) is 61.4 Å². The van der Waals surface area contributed by atoms with Crippen LogP contribution in [0.25, 0.3) is 0 Å². The second kappa shape index (κ2) is 7.67. The molecule has 4 nitrogen and oxygen atoms in total. The van der Waals surface area contributed by atoms with E-state index in [1.54, 1.807) is 12.1 Å². The number of carbonyl (C=O) groups excluding carboxylic acids is 1. The van der Waals surface area contributed by atoms with Crippen LogP contribution < -0.4 is 10.6 Å². The van der Waals surface area contributed by atoms with Crippen LogP contribution in [-0.2, 0) is 17.9 Å². The first-order chi connectivity index (χ1) is 10.1. The Hall–Kier alpha value is -2.04. The molecule has 0 aliphatic heterocycles. The Morgan fingerprint density at radius 1 is 1.05 bits per heavy atom. The van der Waals surface area contributed by atoms with Crippen LogP contribution in [0.4, 0.5) is 0 Å². The van der Waals surface area contributed by atoms with Gasteiger partial charge in [0.05, 0.1) is 11.6 Å². The fourth-order valence-corrected chi connectivity index (χ4v) is 2.04. The second-order valence-corrected chi connectivity index (χ2v) is 5.06. The standard InChI is InChI=1S/C16H17ClN2O2/c17-14-8-13(6-7-15(14)20)9-18-11-16(21)19-10-12-4-2-1-3-5-12/h1-8,18,20H,9-11H2,(H,19,21). The SMILES string of the molecule is O=C(CNCc1ccc(O)c(Cl)c1)NCc1ccccc1. The van der Waals surface area contributed by atoms with Crippen molar-refractivity contribution >= 4 is 17.5 Å². The van der Waals surface area contributed by atoms with Crippen molar-refractivity contribution in [2.75, 3.05) is 6.54 Å². The number of hydrogen-bond acceptors (Lipinski definition) is 3. The average Bonchev–Trinajstić information content (AvgIpc) is 2.50. The first kappa shape index (κ1) is 15.4. The quantitative estimate of drug-likeness (QED) is 0.768. The minimum atomic E-state index is -0.0660. The summed E-state index contributed by atoms with van der Waals surface area (Å²) in [7, 11) is 0. The number of phenolic OH excluding ortho intramolecular Hbond substituents is 1. The maximum absolute atomic E-state index is 11.7. The minimum Gasteiger partial charge on any atom is -0.506 e. The molecular formula is C16H17ClN2O2. The monoisotopic (exact) mass is 304 g/mol. The Balaban J connectivity index is 1.70. The van der Waals surface area contributed by atoms with Crippen molar-refractivity contribution in [1.29, 1.82) is 0 Å². The molecule has 0 heterocycles. The molecule has 0 saturated carbocycles. The fourth-order valence-electron chi connectivity index (χ4n) is 1.84. The van der Waals surface area contributed by atoms with Gasteiger partial charge in [0.2, 0.25) is 5.91 Å². The number of aromatic hydroxyl groups is 1. The van der Waals surface area contributed by atoms with Crippen molar-refractivity contribution in [1.82, 2.24) is 10.6 Å². The molecule has 21 heavy (non-hydrogen) atoms. The Morgan fingerprint density at radius 2 is 1.81 bits per heavy atom. The van der Waals surface area contributed by atoms with Crippen molar-refractivity contribution in [3.05, 3.63) is 64.7 Å². The van der Waals surface area contributed by atoms with Gasteiger partial charge >= 0.3 is 0 Å². The van der Waals surface area contributed by atoms with E-state index in [1.165, 1.54) is 6.07 Å². The van der Waals surface area contributed by atoms with E-state index in [2.05, 4.69) is 10.6 Å². The third-order valence-corrected chi connectivity index (χ3v) is 3.26. The smallest absolute Gasteiger partial charge is 0.234 e. The van der Waals surface area contributed by atoms with Crippen molar-refractivity contribution in [3.8, 4) is 5.75 Å². The van der Waals surface area contributed by atoms with Gasteiger partial charge in [0.15, 0.2) is 0 Å². The average molecular weight is 305 g/mol. The van der Waals surface area contributed by atoms with Crippen LogP contribution in [0.1, 0.15) is 11.1 Å². The predicted molar refractivity (Wildman–Crippen MR) is 83.1 cm³/mol. The normalized spacial score (nSPS) is 10.3. The molecule has 0 spiro atoms. The number of nitrogens with one attached hydrogen (secondary N) is 2. The molecule has 1 amide bonds. The number of halogens is 1. The lowest BCUT2D eigenvalue weighted by Gasteiger charge is -2.07. The molecule has 0 bridgehead atoms. The van der Waals surface area contributed by atoms with Crippen LogP contribution in [0.5, 0.6) is 5.75 Å². The third-order valence-electron chi connectivity index (χ3n) is 2.96. The lowest BCUT2D eigenvalue weighted by molar-refractivity contribution is -0.120. The highest BCUT2D eigenvalue weighted by Crippen LogP contribution is 2.23. The maximum Gasteiger partial charge on any atom is 0.234 e. The molecule has 2 aromatic carbocycles. The summed E-state index contributed by atoms with van der Waals surface area (Å²) in [5, 5.41) is 15.5. The predicted octanol–water partition coefficient (Wildman–Crippen LogP) is 2.45. The molecule has 110 valence electrons. The molecule has 2 rings (SSSR count). The van der Waals surface area contributed by atoms with Crippen LogP contribution in [0.15, 0.2) is 48.5 Å². The summed E-state index contributed by atoms with van der Waals surface area (Å²) >= 11 is 5.82. The highest BCUT2D eigenvalue weighted by molar-refractivity contribution is 6.32. The molecule has 0 radical (unpaired) electrons. The van der Waals surface area contributed by atoms with E-state index in [1.807, 2.05) is 30.3 Å². The van der Waals surface area contributed by atoms with Crippen LogP contribution in [0, 0.1) is 0 Å². The summed E-state index contributed by atoms with van der Waals surface area (Å²) in [5.41, 5.74) is 1.98. The van der Waals surface area contributed by atoms with Crippen molar-refractivity contribution in [3.63, 3.8) is 0 Å². The zero-order valence-corrected chi connectivity index (χ0v) is 12.2. The molecular weight excluding hydrogens is 288 g/mol. The van der Waals surface area contributed by atoms with Gasteiger partial charge < -0.3 is 15.7 Å². The van der Waals surface area contributed by atoms with Gasteiger partial charge in [0.1, 0.15) is 5.75 Å². The van der Waals surface area contributed by atoms with Crippen LogP contribution >= 0.6 is 11.6 Å². The van der Waals surface area contributed by atoms with Gasteiger partial charge in [-0.25, -0.2) is 0 Å². The Morgan fingerprint density at radius 3 is 2.52 bits per heavy atom. The Labute approximate surface area is 128 Å². The summed E-state index contributed by atoms with van der Waals surface area (Å²) in [4.78, 5) is 11.7. The van der Waals surface area contributed by atoms with E-state index in [0.717, 1.165) is 11.1 Å². The summed E-state index contributed by atoms with van der Waals surface area (Å²) in [6.45, 7) is 1.26. The van der Waals surface area contributed by atoms with Gasteiger partial charge in [-0.2, -0.15) is 0 Å². The van der Waals surface area contributed by atoms with Gasteiger partial charge in [-0.15, -0.1) is 0 Å². The van der Waals surface area contributed by atoms with Gasteiger partial charge in [0.25, 0.3) is 0 Å². The van der Waals surface area contributed by atoms with Gasteiger partial charge in [0, 0.05) is 13.1 Å². The lowest BCUT2D eigenvalue weighted by atomic mass is 10.2. The van der Waals surface area contributed by atoms with Crippen LogP contribution in [0.2, 0.25) is 5.02 Å². The first-order valence-corrected chi connectivity index (χ1v) is 7.01. The number of rotatable bonds is 6. The zero-order valence-electron chi connectivity index (χ0n) is 11.5. The molecule has 0 aliphatic carbocycles. The number of carbonyl (C=O) groups is 1. The highest BCUT2D eigenvalue weighted by atomic mass is 35.5.